The smallest absolute Gasteiger partial charge is 0.289 e. The summed E-state index contributed by atoms with van der Waals surface area (Å²) in [5, 5.41) is 8.46. The van der Waals surface area contributed by atoms with Gasteiger partial charge in [-0.3, -0.25) is 9.59 Å². The Labute approximate surface area is 203 Å². The number of hydrogen-bond acceptors (Lipinski definition) is 6. The van der Waals surface area contributed by atoms with E-state index >= 15 is 0 Å². The van der Waals surface area contributed by atoms with Crippen molar-refractivity contribution < 1.29 is 18.7 Å². The van der Waals surface area contributed by atoms with Gasteiger partial charge in [0.15, 0.2) is 5.76 Å². The van der Waals surface area contributed by atoms with Gasteiger partial charge in [-0.15, -0.1) is 0 Å². The Balaban J connectivity index is 1.30. The fraction of sp³-hybridized carbons (Fsp3) is 0.296. The molecule has 2 amide bonds. The molecule has 2 aromatic carbocycles. The molecule has 0 bridgehead atoms. The Kier molecular flexibility index (Phi) is 5.80. The number of nitrogens with two attached hydrogens (primary N) is 1. The molecule has 0 aliphatic carbocycles. The molecule has 5 rings (SSSR count). The molecule has 35 heavy (non-hydrogen) atoms. The number of furan rings is 1. The van der Waals surface area contributed by atoms with Gasteiger partial charge in [0.25, 0.3) is 5.91 Å². The Hall–Kier alpha value is -4.07. The maximum absolute atomic E-state index is 13.6. The number of benzene rings is 2. The molecular weight excluding hydrogens is 444 g/mol. The molecule has 3 heterocycles. The number of carbonyl (C=O) groups excluding carboxylic acids is 2. The fourth-order valence-corrected chi connectivity index (χ4v) is 5.21. The summed E-state index contributed by atoms with van der Waals surface area (Å²) in [6, 6.07) is 14.9. The number of likely N-dealkylation sites (tertiary alicyclic amines) is 1. The molecule has 2 aliphatic rings. The molecule has 0 unspecified atom stereocenters. The predicted octanol–water partition coefficient (Wildman–Crippen LogP) is 4.05. The fourth-order valence-electron chi connectivity index (χ4n) is 5.21. The van der Waals surface area contributed by atoms with Crippen LogP contribution in [0.2, 0.25) is 0 Å². The number of anilines is 1. The van der Waals surface area contributed by atoms with E-state index in [1.807, 2.05) is 42.5 Å². The molecule has 2 fully saturated rings. The zero-order chi connectivity index (χ0) is 24.6. The molecular formula is C27H28N4O4. The molecule has 1 aromatic heterocycles. The quantitative estimate of drug-likeness (QED) is 0.544. The van der Waals surface area contributed by atoms with Gasteiger partial charge in [0.1, 0.15) is 11.3 Å². The van der Waals surface area contributed by atoms with E-state index < -0.39 is 5.41 Å². The average Bonchev–Trinajstić information content (AvgIpc) is 3.47. The van der Waals surface area contributed by atoms with Gasteiger partial charge in [-0.2, -0.15) is 0 Å². The van der Waals surface area contributed by atoms with Gasteiger partial charge in [0.2, 0.25) is 5.91 Å². The van der Waals surface area contributed by atoms with Gasteiger partial charge >= 0.3 is 0 Å². The molecule has 8 nitrogen and oxygen atoms in total. The monoisotopic (exact) mass is 472 g/mol. The summed E-state index contributed by atoms with van der Waals surface area (Å²) < 4.78 is 11.3. The summed E-state index contributed by atoms with van der Waals surface area (Å²) in [7, 11) is 1.56. The zero-order valence-electron chi connectivity index (χ0n) is 19.6. The minimum atomic E-state index is -0.464. The van der Waals surface area contributed by atoms with Crippen LogP contribution < -0.4 is 15.4 Å². The number of para-hydroxylation sites is 1. The van der Waals surface area contributed by atoms with Crippen molar-refractivity contribution in [2.75, 3.05) is 31.6 Å². The number of ether oxygens (including phenoxy) is 1. The third-order valence-corrected chi connectivity index (χ3v) is 7.30. The van der Waals surface area contributed by atoms with Crippen molar-refractivity contribution >= 4 is 40.3 Å². The van der Waals surface area contributed by atoms with Crippen molar-refractivity contribution in [1.29, 1.82) is 5.41 Å². The summed E-state index contributed by atoms with van der Waals surface area (Å²) >= 11 is 0. The first-order valence-electron chi connectivity index (χ1n) is 11.7. The van der Waals surface area contributed by atoms with Gasteiger partial charge in [-0.1, -0.05) is 18.2 Å². The van der Waals surface area contributed by atoms with Crippen molar-refractivity contribution in [1.82, 2.24) is 4.90 Å². The maximum Gasteiger partial charge on any atom is 0.289 e. The van der Waals surface area contributed by atoms with Gasteiger partial charge in [-0.05, 0) is 43.5 Å². The summed E-state index contributed by atoms with van der Waals surface area (Å²) in [5.41, 5.74) is 7.87. The second-order valence-electron chi connectivity index (χ2n) is 9.08. The molecule has 2 saturated heterocycles. The number of fused-ring (bicyclic) bond motifs is 1. The van der Waals surface area contributed by atoms with E-state index in [0.29, 0.717) is 60.7 Å². The Morgan fingerprint density at radius 3 is 2.54 bits per heavy atom. The summed E-state index contributed by atoms with van der Waals surface area (Å²) in [5.74, 6) is 0.852. The number of nitrogens with one attached hydrogen (secondary N) is 1. The van der Waals surface area contributed by atoms with Crippen molar-refractivity contribution in [2.24, 2.45) is 11.1 Å². The minimum absolute atomic E-state index is 0.0878. The van der Waals surface area contributed by atoms with Crippen LogP contribution in [0.5, 0.6) is 5.75 Å². The van der Waals surface area contributed by atoms with Crippen molar-refractivity contribution in [3.8, 4) is 5.75 Å². The average molecular weight is 473 g/mol. The summed E-state index contributed by atoms with van der Waals surface area (Å²) in [6.07, 6.45) is 4.53. The second kappa shape index (κ2) is 8.94. The highest BCUT2D eigenvalue weighted by Gasteiger charge is 2.49. The number of methoxy groups -OCH3 is 1. The first-order valence-corrected chi connectivity index (χ1v) is 11.7. The molecule has 1 spiro atoms. The molecule has 0 atom stereocenters. The van der Waals surface area contributed by atoms with E-state index in [2.05, 4.69) is 0 Å². The van der Waals surface area contributed by atoms with Gasteiger partial charge in [-0.25, -0.2) is 0 Å². The minimum Gasteiger partial charge on any atom is -0.496 e. The highest BCUT2D eigenvalue weighted by Crippen LogP contribution is 2.44. The number of hydrogen-bond donors (Lipinski definition) is 2. The van der Waals surface area contributed by atoms with E-state index in [0.717, 1.165) is 17.5 Å². The van der Waals surface area contributed by atoms with E-state index in [-0.39, 0.29) is 11.8 Å². The van der Waals surface area contributed by atoms with E-state index in [4.69, 9.17) is 20.3 Å². The normalized spacial score (nSPS) is 17.9. The van der Waals surface area contributed by atoms with Crippen LogP contribution in [0.3, 0.4) is 0 Å². The van der Waals surface area contributed by atoms with Crippen molar-refractivity contribution in [3.63, 3.8) is 0 Å². The third-order valence-electron chi connectivity index (χ3n) is 7.30. The second-order valence-corrected chi connectivity index (χ2v) is 9.08. The number of nitrogens with zero attached hydrogens (tertiary/aromatic N) is 2. The number of carbonyl (C=O) groups is 2. The molecule has 2 aliphatic heterocycles. The highest BCUT2D eigenvalue weighted by atomic mass is 16.5. The van der Waals surface area contributed by atoms with Crippen LogP contribution in [0, 0.1) is 10.8 Å². The van der Waals surface area contributed by atoms with E-state index in [1.165, 1.54) is 12.4 Å². The molecule has 180 valence electrons. The molecule has 8 heteroatoms. The van der Waals surface area contributed by atoms with Crippen LogP contribution in [-0.4, -0.2) is 49.7 Å². The lowest BCUT2D eigenvalue weighted by Gasteiger charge is -2.37. The van der Waals surface area contributed by atoms with Crippen LogP contribution in [0.15, 0.2) is 59.1 Å². The van der Waals surface area contributed by atoms with Crippen LogP contribution in [0.4, 0.5) is 5.69 Å². The predicted molar refractivity (Wildman–Crippen MR) is 135 cm³/mol. The standard InChI is InChI=1S/C27H28N4O4/c1-34-23-15-20(6-7-21(23)19(16-28)17-29)31-13-10-27(26(31)33)8-11-30(12-9-27)25(32)24-14-18-4-2-3-5-22(18)35-24/h2-7,14-17,28H,8-13,29H2,1H3/b19-17+,28-16?. The summed E-state index contributed by atoms with van der Waals surface area (Å²) in [6.45, 7) is 1.65. The number of piperidine rings is 1. The number of rotatable bonds is 5. The van der Waals surface area contributed by atoms with Crippen molar-refractivity contribution in [2.45, 2.75) is 19.3 Å². The molecule has 0 radical (unpaired) electrons. The Bertz CT molecular complexity index is 1300. The summed E-state index contributed by atoms with van der Waals surface area (Å²) in [4.78, 5) is 30.2. The van der Waals surface area contributed by atoms with Crippen LogP contribution >= 0.6 is 0 Å². The largest absolute Gasteiger partial charge is 0.496 e. The Morgan fingerprint density at radius 1 is 1.11 bits per heavy atom. The van der Waals surface area contributed by atoms with E-state index in [1.54, 1.807) is 23.0 Å². The third kappa shape index (κ3) is 3.84. The maximum atomic E-state index is 13.6. The highest BCUT2D eigenvalue weighted by molar-refractivity contribution is 6.09. The lowest BCUT2D eigenvalue weighted by atomic mass is 9.77. The lowest BCUT2D eigenvalue weighted by Crippen LogP contribution is -2.46. The topological polar surface area (TPSA) is 113 Å². The van der Waals surface area contributed by atoms with Crippen molar-refractivity contribution in [3.05, 3.63) is 66.1 Å². The number of allylic oxidation sites excluding steroid dienone is 1. The van der Waals surface area contributed by atoms with E-state index in [9.17, 15) is 9.59 Å². The molecule has 3 N–H and O–H groups in total. The van der Waals surface area contributed by atoms with Gasteiger partial charge in [0, 0.05) is 60.3 Å². The first kappa shape index (κ1) is 22.7. The molecule has 3 aromatic rings. The van der Waals surface area contributed by atoms with Crippen LogP contribution in [-0.2, 0) is 4.79 Å². The SMILES string of the molecule is COc1cc(N2CCC3(CCN(C(=O)c4cc5ccccc5o4)CC3)C2=O)ccc1/C(C=N)=C/N. The van der Waals surface area contributed by atoms with Gasteiger partial charge < -0.3 is 30.1 Å². The lowest BCUT2D eigenvalue weighted by molar-refractivity contribution is -0.127. The van der Waals surface area contributed by atoms with Gasteiger partial charge in [0.05, 0.1) is 12.5 Å². The zero-order valence-corrected chi connectivity index (χ0v) is 19.6. The molecule has 0 saturated carbocycles. The van der Waals surface area contributed by atoms with Crippen LogP contribution in [0.1, 0.15) is 35.4 Å². The Morgan fingerprint density at radius 2 is 1.86 bits per heavy atom. The number of amides is 2. The first-order chi connectivity index (χ1) is 17.0. The van der Waals surface area contributed by atoms with Crippen LogP contribution in [0.25, 0.3) is 16.5 Å².